The number of nitrogens with zero attached hydrogens (tertiary/aromatic N) is 2. The molecule has 0 amide bonds. The molecule has 106 valence electrons. The number of rotatable bonds is 2. The van der Waals surface area contributed by atoms with E-state index in [2.05, 4.69) is 53.9 Å². The predicted molar refractivity (Wildman–Crippen MR) is 81.7 cm³/mol. The van der Waals surface area contributed by atoms with E-state index >= 15 is 0 Å². The molecule has 3 heteroatoms. The fraction of sp³-hybridized carbons (Fsp3) is 0.471. The number of aryl methyl sites for hydroxylation is 1. The molecule has 1 aliphatic carbocycles. The van der Waals surface area contributed by atoms with Gasteiger partial charge in [-0.25, -0.2) is 4.98 Å². The first-order valence-electron chi connectivity index (χ1n) is 7.54. The molecule has 3 rings (SSSR count). The predicted octanol–water partition coefficient (Wildman–Crippen LogP) is 3.58. The van der Waals surface area contributed by atoms with Crippen LogP contribution in [0.2, 0.25) is 0 Å². The fourth-order valence-corrected chi connectivity index (χ4v) is 3.34. The van der Waals surface area contributed by atoms with Crippen molar-refractivity contribution in [3.63, 3.8) is 0 Å². The molecule has 2 N–H and O–H groups in total. The zero-order chi connectivity index (χ0) is 14.1. The highest BCUT2D eigenvalue weighted by Crippen LogP contribution is 2.36. The minimum Gasteiger partial charge on any atom is -0.330 e. The van der Waals surface area contributed by atoms with Crippen molar-refractivity contribution in [2.45, 2.75) is 51.1 Å². The molecule has 1 aromatic carbocycles. The Bertz CT molecular complexity index is 585. The quantitative estimate of drug-likeness (QED) is 0.847. The van der Waals surface area contributed by atoms with Gasteiger partial charge in [0.05, 0.1) is 12.1 Å². The van der Waals surface area contributed by atoms with Crippen molar-refractivity contribution in [3.8, 4) is 0 Å². The SMILES string of the molecule is CC(C)c1nccn1C1CCCc2ccccc2C1N. The molecule has 0 saturated carbocycles. The standard InChI is InChI=1S/C17H23N3/c1-12(2)17-19-10-11-20(17)15-9-5-7-13-6-3-4-8-14(13)16(15)18/h3-4,6,8,10-12,15-16H,5,7,9,18H2,1-2H3. The number of benzene rings is 1. The van der Waals surface area contributed by atoms with Crippen molar-refractivity contribution < 1.29 is 0 Å². The Balaban J connectivity index is 2.00. The van der Waals surface area contributed by atoms with E-state index in [-0.39, 0.29) is 6.04 Å². The lowest BCUT2D eigenvalue weighted by atomic mass is 9.96. The second-order valence-electron chi connectivity index (χ2n) is 6.03. The summed E-state index contributed by atoms with van der Waals surface area (Å²) in [6, 6.07) is 8.99. The van der Waals surface area contributed by atoms with Gasteiger partial charge in [-0.1, -0.05) is 38.1 Å². The van der Waals surface area contributed by atoms with Gasteiger partial charge in [0, 0.05) is 18.3 Å². The second kappa shape index (κ2) is 5.41. The lowest BCUT2D eigenvalue weighted by molar-refractivity contribution is 0.379. The summed E-state index contributed by atoms with van der Waals surface area (Å²) < 4.78 is 2.30. The highest BCUT2D eigenvalue weighted by Gasteiger charge is 2.27. The normalized spacial score (nSPS) is 22.6. The van der Waals surface area contributed by atoms with Crippen LogP contribution in [0.4, 0.5) is 0 Å². The average molecular weight is 269 g/mol. The van der Waals surface area contributed by atoms with Crippen LogP contribution in [0.5, 0.6) is 0 Å². The number of hydrogen-bond acceptors (Lipinski definition) is 2. The van der Waals surface area contributed by atoms with Gasteiger partial charge in [-0.05, 0) is 30.4 Å². The lowest BCUT2D eigenvalue weighted by Gasteiger charge is -2.27. The summed E-state index contributed by atoms with van der Waals surface area (Å²) in [7, 11) is 0. The maximum atomic E-state index is 6.60. The Morgan fingerprint density at radius 3 is 2.90 bits per heavy atom. The van der Waals surface area contributed by atoms with E-state index in [4.69, 9.17) is 5.73 Å². The number of aromatic nitrogens is 2. The molecule has 3 nitrogen and oxygen atoms in total. The van der Waals surface area contributed by atoms with Crippen LogP contribution < -0.4 is 5.73 Å². The van der Waals surface area contributed by atoms with Gasteiger partial charge in [0.15, 0.2) is 0 Å². The number of nitrogens with two attached hydrogens (primary N) is 1. The van der Waals surface area contributed by atoms with Crippen LogP contribution in [-0.4, -0.2) is 9.55 Å². The van der Waals surface area contributed by atoms with Crippen LogP contribution in [0.3, 0.4) is 0 Å². The Morgan fingerprint density at radius 2 is 2.10 bits per heavy atom. The molecule has 1 aliphatic rings. The van der Waals surface area contributed by atoms with Gasteiger partial charge in [-0.3, -0.25) is 0 Å². The van der Waals surface area contributed by atoms with E-state index in [9.17, 15) is 0 Å². The largest absolute Gasteiger partial charge is 0.330 e. The number of fused-ring (bicyclic) bond motifs is 1. The van der Waals surface area contributed by atoms with Gasteiger partial charge in [-0.15, -0.1) is 0 Å². The van der Waals surface area contributed by atoms with Gasteiger partial charge in [-0.2, -0.15) is 0 Å². The third-order valence-corrected chi connectivity index (χ3v) is 4.35. The van der Waals surface area contributed by atoms with E-state index in [0.717, 1.165) is 18.7 Å². The first-order valence-corrected chi connectivity index (χ1v) is 7.54. The summed E-state index contributed by atoms with van der Waals surface area (Å²) in [4.78, 5) is 4.52. The van der Waals surface area contributed by atoms with E-state index < -0.39 is 0 Å². The summed E-state index contributed by atoms with van der Waals surface area (Å²) in [5.74, 6) is 1.57. The summed E-state index contributed by atoms with van der Waals surface area (Å²) in [5, 5.41) is 0. The van der Waals surface area contributed by atoms with E-state index in [1.807, 2.05) is 6.20 Å². The second-order valence-corrected chi connectivity index (χ2v) is 6.03. The first-order chi connectivity index (χ1) is 9.68. The Morgan fingerprint density at radius 1 is 1.30 bits per heavy atom. The molecule has 2 aromatic rings. The van der Waals surface area contributed by atoms with Gasteiger partial charge in [0.1, 0.15) is 5.82 Å². The molecule has 0 bridgehead atoms. The molecular formula is C17H23N3. The molecule has 0 radical (unpaired) electrons. The maximum absolute atomic E-state index is 6.60. The molecule has 1 aromatic heterocycles. The highest BCUT2D eigenvalue weighted by atomic mass is 15.1. The molecule has 1 heterocycles. The Labute approximate surface area is 120 Å². The van der Waals surface area contributed by atoms with Gasteiger partial charge in [0.25, 0.3) is 0 Å². The molecule has 2 atom stereocenters. The van der Waals surface area contributed by atoms with Gasteiger partial charge >= 0.3 is 0 Å². The number of imidazole rings is 1. The summed E-state index contributed by atoms with van der Waals surface area (Å²) in [6.07, 6.45) is 7.43. The lowest BCUT2D eigenvalue weighted by Crippen LogP contribution is -2.25. The average Bonchev–Trinajstić information content (AvgIpc) is 2.86. The van der Waals surface area contributed by atoms with Gasteiger partial charge < -0.3 is 10.3 Å². The minimum atomic E-state index is 0.0559. The van der Waals surface area contributed by atoms with E-state index in [0.29, 0.717) is 12.0 Å². The highest BCUT2D eigenvalue weighted by molar-refractivity contribution is 5.32. The molecular weight excluding hydrogens is 246 g/mol. The molecule has 20 heavy (non-hydrogen) atoms. The summed E-state index contributed by atoms with van der Waals surface area (Å²) >= 11 is 0. The minimum absolute atomic E-state index is 0.0559. The topological polar surface area (TPSA) is 43.8 Å². The van der Waals surface area contributed by atoms with Crippen LogP contribution in [0, 0.1) is 0 Å². The molecule has 0 spiro atoms. The van der Waals surface area contributed by atoms with Crippen molar-refractivity contribution in [1.29, 1.82) is 0 Å². The van der Waals surface area contributed by atoms with E-state index in [1.165, 1.54) is 17.5 Å². The third-order valence-electron chi connectivity index (χ3n) is 4.35. The Hall–Kier alpha value is -1.61. The molecule has 0 fully saturated rings. The van der Waals surface area contributed by atoms with E-state index in [1.54, 1.807) is 0 Å². The maximum Gasteiger partial charge on any atom is 0.111 e. The van der Waals surface area contributed by atoms with Gasteiger partial charge in [0.2, 0.25) is 0 Å². The molecule has 0 aliphatic heterocycles. The van der Waals surface area contributed by atoms with Crippen molar-refractivity contribution in [2.75, 3.05) is 0 Å². The summed E-state index contributed by atoms with van der Waals surface area (Å²) in [6.45, 7) is 4.38. The first kappa shape index (κ1) is 13.4. The van der Waals surface area contributed by atoms with Crippen molar-refractivity contribution >= 4 is 0 Å². The van der Waals surface area contributed by atoms with Crippen LogP contribution in [-0.2, 0) is 6.42 Å². The van der Waals surface area contributed by atoms with Crippen LogP contribution in [0.25, 0.3) is 0 Å². The smallest absolute Gasteiger partial charge is 0.111 e. The third kappa shape index (κ3) is 2.27. The number of hydrogen-bond donors (Lipinski definition) is 1. The van der Waals surface area contributed by atoms with Crippen LogP contribution in [0.1, 0.15) is 61.6 Å². The van der Waals surface area contributed by atoms with Crippen molar-refractivity contribution in [1.82, 2.24) is 9.55 Å². The fourth-order valence-electron chi connectivity index (χ4n) is 3.34. The molecule has 2 unspecified atom stereocenters. The van der Waals surface area contributed by atoms with Crippen LogP contribution in [0.15, 0.2) is 36.7 Å². The Kier molecular flexibility index (Phi) is 3.62. The van der Waals surface area contributed by atoms with Crippen LogP contribution >= 0.6 is 0 Å². The van der Waals surface area contributed by atoms with Crippen molar-refractivity contribution in [2.24, 2.45) is 5.73 Å². The molecule has 0 saturated heterocycles. The van der Waals surface area contributed by atoms with Crippen molar-refractivity contribution in [3.05, 3.63) is 53.6 Å². The zero-order valence-electron chi connectivity index (χ0n) is 12.3. The zero-order valence-corrected chi connectivity index (χ0v) is 12.3. The summed E-state index contributed by atoms with van der Waals surface area (Å²) in [5.41, 5.74) is 9.32. The monoisotopic (exact) mass is 269 g/mol.